The number of carboxylic acid groups (broad SMARTS) is 1. The average Bonchev–Trinajstić information content (AvgIpc) is 3.10. The average molecular weight is 269 g/mol. The summed E-state index contributed by atoms with van der Waals surface area (Å²) in [5, 5.41) is 9.11. The van der Waals surface area contributed by atoms with Gasteiger partial charge in [0.1, 0.15) is 6.04 Å². The van der Waals surface area contributed by atoms with Gasteiger partial charge in [0.05, 0.1) is 5.75 Å². The van der Waals surface area contributed by atoms with E-state index in [-0.39, 0.29) is 11.7 Å². The highest BCUT2D eigenvalue weighted by molar-refractivity contribution is 7.89. The largest absolute Gasteiger partial charge is 0.480 e. The third-order valence-corrected chi connectivity index (χ3v) is 4.33. The molecular weight excluding hydrogens is 254 g/mol. The van der Waals surface area contributed by atoms with E-state index in [4.69, 9.17) is 5.11 Å². The van der Waals surface area contributed by atoms with Gasteiger partial charge in [0.15, 0.2) is 0 Å². The lowest BCUT2D eigenvalue weighted by Crippen LogP contribution is -2.35. The fourth-order valence-corrected chi connectivity index (χ4v) is 3.38. The molecule has 1 aliphatic rings. The summed E-state index contributed by atoms with van der Waals surface area (Å²) in [5.74, 6) is -0.989. The SMILES string of the molecule is O=C(O)C(NS(=O)(=O)CC1CC1)c1ccccc1. The first-order valence-electron chi connectivity index (χ1n) is 5.76. The highest BCUT2D eigenvalue weighted by Crippen LogP contribution is 2.30. The molecule has 5 nitrogen and oxygen atoms in total. The summed E-state index contributed by atoms with van der Waals surface area (Å²) in [6, 6.07) is 7.09. The standard InChI is InChI=1S/C12H15NO4S/c14-12(15)11(10-4-2-1-3-5-10)13-18(16,17)8-9-6-7-9/h1-5,9,11,13H,6-8H2,(H,14,15). The van der Waals surface area contributed by atoms with Gasteiger partial charge < -0.3 is 5.11 Å². The number of carbonyl (C=O) groups is 1. The highest BCUT2D eigenvalue weighted by atomic mass is 32.2. The van der Waals surface area contributed by atoms with Crippen LogP contribution in [0.4, 0.5) is 0 Å². The summed E-state index contributed by atoms with van der Waals surface area (Å²) in [5.41, 5.74) is 0.435. The van der Waals surface area contributed by atoms with Gasteiger partial charge >= 0.3 is 5.97 Å². The first-order valence-corrected chi connectivity index (χ1v) is 7.41. The second-order valence-electron chi connectivity index (χ2n) is 4.52. The molecule has 0 saturated heterocycles. The van der Waals surface area contributed by atoms with E-state index < -0.39 is 22.0 Å². The fourth-order valence-electron chi connectivity index (χ4n) is 1.73. The molecule has 1 unspecified atom stereocenters. The van der Waals surface area contributed by atoms with E-state index in [0.29, 0.717) is 5.56 Å². The van der Waals surface area contributed by atoms with Crippen LogP contribution < -0.4 is 4.72 Å². The van der Waals surface area contributed by atoms with E-state index in [2.05, 4.69) is 4.72 Å². The molecule has 1 aromatic rings. The molecular formula is C12H15NO4S. The highest BCUT2D eigenvalue weighted by Gasteiger charge is 2.31. The van der Waals surface area contributed by atoms with Gasteiger partial charge in [-0.1, -0.05) is 30.3 Å². The maximum Gasteiger partial charge on any atom is 0.326 e. The molecule has 18 heavy (non-hydrogen) atoms. The summed E-state index contributed by atoms with van der Waals surface area (Å²) < 4.78 is 25.8. The number of sulfonamides is 1. The lowest BCUT2D eigenvalue weighted by Gasteiger charge is -2.14. The van der Waals surface area contributed by atoms with Crippen LogP contribution in [-0.4, -0.2) is 25.2 Å². The zero-order valence-electron chi connectivity index (χ0n) is 9.74. The Labute approximate surface area is 106 Å². The molecule has 98 valence electrons. The van der Waals surface area contributed by atoms with E-state index >= 15 is 0 Å². The molecule has 2 N–H and O–H groups in total. The third-order valence-electron chi connectivity index (χ3n) is 2.83. The van der Waals surface area contributed by atoms with Gasteiger partial charge in [-0.25, -0.2) is 8.42 Å². The van der Waals surface area contributed by atoms with Crippen LogP contribution in [0.25, 0.3) is 0 Å². The van der Waals surface area contributed by atoms with E-state index in [1.807, 2.05) is 0 Å². The minimum absolute atomic E-state index is 0.0175. The zero-order chi connectivity index (χ0) is 13.2. The maximum atomic E-state index is 11.8. The summed E-state index contributed by atoms with van der Waals surface area (Å²) in [6.07, 6.45) is 1.81. The van der Waals surface area contributed by atoms with E-state index in [0.717, 1.165) is 12.8 Å². The van der Waals surface area contributed by atoms with Crippen LogP contribution >= 0.6 is 0 Å². The number of hydrogen-bond donors (Lipinski definition) is 2. The van der Waals surface area contributed by atoms with Gasteiger partial charge in [-0.2, -0.15) is 4.72 Å². The quantitative estimate of drug-likeness (QED) is 0.811. The van der Waals surface area contributed by atoms with Crippen molar-refractivity contribution in [1.29, 1.82) is 0 Å². The Bertz CT molecular complexity index is 522. The Kier molecular flexibility index (Phi) is 3.68. The van der Waals surface area contributed by atoms with Crippen molar-refractivity contribution in [1.82, 2.24) is 4.72 Å². The summed E-state index contributed by atoms with van der Waals surface area (Å²) in [6.45, 7) is 0. The lowest BCUT2D eigenvalue weighted by atomic mass is 10.1. The molecule has 0 amide bonds. The summed E-state index contributed by atoms with van der Waals surface area (Å²) >= 11 is 0. The molecule has 1 aliphatic carbocycles. The van der Waals surface area contributed by atoms with Gasteiger partial charge in [-0.15, -0.1) is 0 Å². The normalized spacial score (nSPS) is 17.3. The van der Waals surface area contributed by atoms with Crippen molar-refractivity contribution in [3.8, 4) is 0 Å². The van der Waals surface area contributed by atoms with E-state index in [1.54, 1.807) is 30.3 Å². The molecule has 0 radical (unpaired) electrons. The van der Waals surface area contributed by atoms with Gasteiger partial charge in [0.2, 0.25) is 10.0 Å². The number of rotatable bonds is 6. The smallest absolute Gasteiger partial charge is 0.326 e. The van der Waals surface area contributed by atoms with Crippen LogP contribution in [0.2, 0.25) is 0 Å². The second-order valence-corrected chi connectivity index (χ2v) is 6.32. The van der Waals surface area contributed by atoms with Crippen LogP contribution in [0, 0.1) is 5.92 Å². The predicted octanol–water partition coefficient (Wildman–Crippen LogP) is 1.14. The molecule has 2 rings (SSSR count). The van der Waals surface area contributed by atoms with Crippen molar-refractivity contribution in [3.63, 3.8) is 0 Å². The van der Waals surface area contributed by atoms with Crippen LogP contribution in [0.5, 0.6) is 0 Å². The predicted molar refractivity (Wildman–Crippen MR) is 66.5 cm³/mol. The minimum atomic E-state index is -3.54. The molecule has 1 fully saturated rings. The van der Waals surface area contributed by atoms with Gasteiger partial charge in [-0.3, -0.25) is 4.79 Å². The van der Waals surface area contributed by atoms with E-state index in [9.17, 15) is 13.2 Å². The molecule has 1 saturated carbocycles. The maximum absolute atomic E-state index is 11.8. The Hall–Kier alpha value is -1.40. The van der Waals surface area contributed by atoms with E-state index in [1.165, 1.54) is 0 Å². The van der Waals surface area contributed by atoms with Crippen LogP contribution in [0.1, 0.15) is 24.4 Å². The van der Waals surface area contributed by atoms with Gasteiger partial charge in [0, 0.05) is 0 Å². The zero-order valence-corrected chi connectivity index (χ0v) is 10.6. The van der Waals surface area contributed by atoms with Crippen molar-refractivity contribution in [2.75, 3.05) is 5.75 Å². The monoisotopic (exact) mass is 269 g/mol. The number of benzene rings is 1. The number of nitrogens with one attached hydrogen (secondary N) is 1. The Balaban J connectivity index is 2.14. The van der Waals surface area contributed by atoms with Crippen molar-refractivity contribution in [2.24, 2.45) is 5.92 Å². The Morgan fingerprint density at radius 3 is 2.44 bits per heavy atom. The Morgan fingerprint density at radius 2 is 1.94 bits per heavy atom. The van der Waals surface area contributed by atoms with Crippen LogP contribution in [0.15, 0.2) is 30.3 Å². The molecule has 0 aliphatic heterocycles. The number of aliphatic carboxylic acids is 1. The third kappa shape index (κ3) is 3.54. The first kappa shape index (κ1) is 13.0. The summed E-state index contributed by atoms with van der Waals surface area (Å²) in [7, 11) is -3.54. The Morgan fingerprint density at radius 1 is 1.33 bits per heavy atom. The molecule has 0 bridgehead atoms. The number of hydrogen-bond acceptors (Lipinski definition) is 3. The minimum Gasteiger partial charge on any atom is -0.480 e. The molecule has 1 atom stereocenters. The molecule has 1 aromatic carbocycles. The summed E-state index contributed by atoms with van der Waals surface area (Å²) in [4.78, 5) is 11.2. The van der Waals surface area contributed by atoms with Crippen molar-refractivity contribution in [2.45, 2.75) is 18.9 Å². The second kappa shape index (κ2) is 5.07. The van der Waals surface area contributed by atoms with Gasteiger partial charge in [0.25, 0.3) is 0 Å². The topological polar surface area (TPSA) is 83.5 Å². The first-order chi connectivity index (χ1) is 8.48. The lowest BCUT2D eigenvalue weighted by molar-refractivity contribution is -0.139. The molecule has 0 spiro atoms. The molecule has 0 aromatic heterocycles. The van der Waals surface area contributed by atoms with Gasteiger partial charge in [-0.05, 0) is 24.3 Å². The molecule has 0 heterocycles. The van der Waals surface area contributed by atoms with Crippen molar-refractivity contribution < 1.29 is 18.3 Å². The fraction of sp³-hybridized carbons (Fsp3) is 0.417. The van der Waals surface area contributed by atoms with Crippen LogP contribution in [0.3, 0.4) is 0 Å². The van der Waals surface area contributed by atoms with Crippen LogP contribution in [-0.2, 0) is 14.8 Å². The number of carboxylic acids is 1. The van der Waals surface area contributed by atoms with Crippen molar-refractivity contribution in [3.05, 3.63) is 35.9 Å². The van der Waals surface area contributed by atoms with Crippen molar-refractivity contribution >= 4 is 16.0 Å². The molecule has 6 heteroatoms.